The Balaban J connectivity index is 1.97. The maximum absolute atomic E-state index is 6.09. The van der Waals surface area contributed by atoms with Crippen molar-refractivity contribution in [3.63, 3.8) is 0 Å². The van der Waals surface area contributed by atoms with Gasteiger partial charge in [0.05, 0.1) is 18.3 Å². The van der Waals surface area contributed by atoms with Gasteiger partial charge in [0, 0.05) is 5.56 Å². The Kier molecular flexibility index (Phi) is 2.27. The minimum Gasteiger partial charge on any atom is -0.455 e. The van der Waals surface area contributed by atoms with Crippen LogP contribution in [0.1, 0.15) is 17.2 Å². The number of ether oxygens (including phenoxy) is 1. The number of para-hydroxylation sites is 2. The lowest BCUT2D eigenvalue weighted by Crippen LogP contribution is -2.35. The van der Waals surface area contributed by atoms with Crippen LogP contribution < -0.4 is 15.4 Å². The Labute approximate surface area is 117 Å². The van der Waals surface area contributed by atoms with Crippen molar-refractivity contribution in [2.24, 2.45) is 10.7 Å². The molecule has 0 aromatic heterocycles. The molecule has 2 aliphatic rings. The van der Waals surface area contributed by atoms with E-state index in [1.165, 1.54) is 5.56 Å². The van der Waals surface area contributed by atoms with E-state index >= 15 is 0 Å². The zero-order valence-electron chi connectivity index (χ0n) is 11.2. The number of nitrogens with two attached hydrogens (primary N) is 1. The Morgan fingerprint density at radius 3 is 2.95 bits per heavy atom. The van der Waals surface area contributed by atoms with Crippen LogP contribution in [0.4, 0.5) is 5.69 Å². The summed E-state index contributed by atoms with van der Waals surface area (Å²) in [6, 6.07) is 14.3. The largest absolute Gasteiger partial charge is 0.455 e. The second kappa shape index (κ2) is 4.00. The van der Waals surface area contributed by atoms with E-state index in [2.05, 4.69) is 28.9 Å². The van der Waals surface area contributed by atoms with Crippen LogP contribution in [0, 0.1) is 6.92 Å². The number of benzene rings is 2. The van der Waals surface area contributed by atoms with E-state index in [1.54, 1.807) is 0 Å². The summed E-state index contributed by atoms with van der Waals surface area (Å²) in [5.41, 5.74) is 9.42. The van der Waals surface area contributed by atoms with Crippen LogP contribution in [0.2, 0.25) is 0 Å². The molecule has 0 aliphatic carbocycles. The number of rotatable bonds is 0. The number of hydrogen-bond acceptors (Lipinski definition) is 4. The number of aliphatic imine (C=N–C) groups is 1. The van der Waals surface area contributed by atoms with Gasteiger partial charge in [-0.05, 0) is 25.1 Å². The molecule has 0 bridgehead atoms. The molecular formula is C16H15N3O. The SMILES string of the molecule is Cc1ccc2c(c1)C1CN=C(N)N1c1ccccc1O2. The number of guanidine groups is 1. The summed E-state index contributed by atoms with van der Waals surface area (Å²) in [5.74, 6) is 2.26. The van der Waals surface area contributed by atoms with Crippen LogP contribution in [0.5, 0.6) is 11.5 Å². The van der Waals surface area contributed by atoms with Gasteiger partial charge in [0.2, 0.25) is 0 Å². The summed E-state index contributed by atoms with van der Waals surface area (Å²) < 4.78 is 6.09. The third kappa shape index (κ3) is 1.51. The molecule has 1 atom stereocenters. The highest BCUT2D eigenvalue weighted by atomic mass is 16.5. The fourth-order valence-corrected chi connectivity index (χ4v) is 2.91. The molecule has 2 N–H and O–H groups in total. The van der Waals surface area contributed by atoms with E-state index in [0.717, 1.165) is 22.7 Å². The van der Waals surface area contributed by atoms with Crippen molar-refractivity contribution in [2.75, 3.05) is 11.4 Å². The van der Waals surface area contributed by atoms with Gasteiger partial charge in [0.25, 0.3) is 0 Å². The minimum absolute atomic E-state index is 0.119. The first kappa shape index (κ1) is 11.3. The van der Waals surface area contributed by atoms with Crippen molar-refractivity contribution in [1.82, 2.24) is 0 Å². The molecule has 2 heterocycles. The van der Waals surface area contributed by atoms with E-state index in [0.29, 0.717) is 12.5 Å². The first-order valence-corrected chi connectivity index (χ1v) is 6.70. The highest BCUT2D eigenvalue weighted by molar-refractivity contribution is 5.99. The summed E-state index contributed by atoms with van der Waals surface area (Å²) in [7, 11) is 0. The van der Waals surface area contributed by atoms with Crippen LogP contribution in [0.25, 0.3) is 0 Å². The zero-order chi connectivity index (χ0) is 13.7. The Bertz CT molecular complexity index is 723. The average molecular weight is 265 g/mol. The summed E-state index contributed by atoms with van der Waals surface area (Å²) in [4.78, 5) is 6.48. The van der Waals surface area contributed by atoms with Gasteiger partial charge in [-0.1, -0.05) is 29.8 Å². The van der Waals surface area contributed by atoms with E-state index < -0.39 is 0 Å². The maximum Gasteiger partial charge on any atom is 0.196 e. The van der Waals surface area contributed by atoms with Gasteiger partial charge in [-0.25, -0.2) is 0 Å². The fraction of sp³-hybridized carbons (Fsp3) is 0.188. The molecule has 0 saturated heterocycles. The topological polar surface area (TPSA) is 50.8 Å². The second-order valence-electron chi connectivity index (χ2n) is 5.20. The summed E-state index contributed by atoms with van der Waals surface area (Å²) in [6.07, 6.45) is 0. The molecule has 0 radical (unpaired) electrons. The zero-order valence-corrected chi connectivity index (χ0v) is 11.2. The van der Waals surface area contributed by atoms with Crippen LogP contribution in [-0.2, 0) is 0 Å². The quantitative estimate of drug-likeness (QED) is 0.796. The fourth-order valence-electron chi connectivity index (χ4n) is 2.91. The van der Waals surface area contributed by atoms with E-state index in [9.17, 15) is 0 Å². The molecule has 0 spiro atoms. The molecule has 100 valence electrons. The van der Waals surface area contributed by atoms with Crippen molar-refractivity contribution in [3.05, 3.63) is 53.6 Å². The molecule has 2 aliphatic heterocycles. The maximum atomic E-state index is 6.09. The standard InChI is InChI=1S/C16H15N3O/c1-10-6-7-14-11(8-10)13-9-18-16(17)19(13)12-4-2-3-5-15(12)20-14/h2-8,13H,9H2,1H3,(H2,17,18). The van der Waals surface area contributed by atoms with Crippen molar-refractivity contribution in [2.45, 2.75) is 13.0 Å². The van der Waals surface area contributed by atoms with Crippen molar-refractivity contribution < 1.29 is 4.74 Å². The van der Waals surface area contributed by atoms with Gasteiger partial charge in [-0.3, -0.25) is 9.89 Å². The molecule has 0 amide bonds. The van der Waals surface area contributed by atoms with Crippen LogP contribution in [0.3, 0.4) is 0 Å². The van der Waals surface area contributed by atoms with E-state index in [4.69, 9.17) is 10.5 Å². The normalized spacial score (nSPS) is 19.4. The third-order valence-corrected chi connectivity index (χ3v) is 3.85. The molecular weight excluding hydrogens is 250 g/mol. The minimum atomic E-state index is 0.119. The Hall–Kier alpha value is -2.49. The van der Waals surface area contributed by atoms with Crippen molar-refractivity contribution in [1.29, 1.82) is 0 Å². The molecule has 1 unspecified atom stereocenters. The summed E-state index contributed by atoms with van der Waals surface area (Å²) in [6.45, 7) is 2.75. The van der Waals surface area contributed by atoms with Gasteiger partial charge in [-0.15, -0.1) is 0 Å². The van der Waals surface area contributed by atoms with E-state index in [1.807, 2.05) is 30.3 Å². The molecule has 0 fully saturated rings. The molecule has 2 aromatic carbocycles. The lowest BCUT2D eigenvalue weighted by Gasteiger charge is -2.25. The number of aryl methyl sites for hydroxylation is 1. The second-order valence-corrected chi connectivity index (χ2v) is 5.20. The molecule has 4 rings (SSSR count). The van der Waals surface area contributed by atoms with Crippen molar-refractivity contribution >= 4 is 11.6 Å². The van der Waals surface area contributed by atoms with Crippen LogP contribution >= 0.6 is 0 Å². The average Bonchev–Trinajstić information content (AvgIpc) is 2.76. The predicted octanol–water partition coefficient (Wildman–Crippen LogP) is 2.98. The summed E-state index contributed by atoms with van der Waals surface area (Å²) in [5, 5.41) is 0. The van der Waals surface area contributed by atoms with E-state index in [-0.39, 0.29) is 6.04 Å². The van der Waals surface area contributed by atoms with Gasteiger partial charge in [0.15, 0.2) is 11.7 Å². The first-order valence-electron chi connectivity index (χ1n) is 6.70. The number of anilines is 1. The first-order chi connectivity index (χ1) is 9.74. The lowest BCUT2D eigenvalue weighted by molar-refractivity contribution is 0.482. The predicted molar refractivity (Wildman–Crippen MR) is 79.4 cm³/mol. The number of hydrogen-bond donors (Lipinski definition) is 1. The van der Waals surface area contributed by atoms with Crippen LogP contribution in [0.15, 0.2) is 47.5 Å². The molecule has 0 saturated carbocycles. The molecule has 4 nitrogen and oxygen atoms in total. The molecule has 4 heteroatoms. The Morgan fingerprint density at radius 1 is 1.20 bits per heavy atom. The van der Waals surface area contributed by atoms with Gasteiger partial charge in [-0.2, -0.15) is 0 Å². The molecule has 2 aromatic rings. The van der Waals surface area contributed by atoms with Gasteiger partial charge in [0.1, 0.15) is 5.75 Å². The summed E-state index contributed by atoms with van der Waals surface area (Å²) >= 11 is 0. The van der Waals surface area contributed by atoms with Gasteiger partial charge >= 0.3 is 0 Å². The van der Waals surface area contributed by atoms with Gasteiger partial charge < -0.3 is 10.5 Å². The highest BCUT2D eigenvalue weighted by Crippen LogP contribution is 2.45. The number of nitrogens with zero attached hydrogens (tertiary/aromatic N) is 2. The van der Waals surface area contributed by atoms with Crippen LogP contribution in [-0.4, -0.2) is 12.5 Å². The Morgan fingerprint density at radius 2 is 2.05 bits per heavy atom. The lowest BCUT2D eigenvalue weighted by atomic mass is 10.0. The third-order valence-electron chi connectivity index (χ3n) is 3.85. The smallest absolute Gasteiger partial charge is 0.196 e. The van der Waals surface area contributed by atoms with Crippen molar-refractivity contribution in [3.8, 4) is 11.5 Å². The number of fused-ring (bicyclic) bond motifs is 5. The highest BCUT2D eigenvalue weighted by Gasteiger charge is 2.35. The monoisotopic (exact) mass is 265 g/mol. The molecule has 20 heavy (non-hydrogen) atoms.